The van der Waals surface area contributed by atoms with E-state index in [1.54, 1.807) is 0 Å². The molecule has 0 aliphatic heterocycles. The van der Waals surface area contributed by atoms with Crippen LogP contribution < -0.4 is 4.74 Å². The Hall–Kier alpha value is -1.34. The van der Waals surface area contributed by atoms with Crippen molar-refractivity contribution in [3.05, 3.63) is 29.6 Å². The second-order valence-electron chi connectivity index (χ2n) is 3.86. The number of hydrogen-bond acceptors (Lipinski definition) is 3. The fourth-order valence-electron chi connectivity index (χ4n) is 1.50. The monoisotopic (exact) mass is 282 g/mol. The number of aliphatic hydroxyl groups excluding tert-OH is 1. The maximum absolute atomic E-state index is 13.0. The summed E-state index contributed by atoms with van der Waals surface area (Å²) in [5.74, 6) is -0.296. The minimum Gasteiger partial charge on any atom is -0.496 e. The number of alkyl halides is 3. The summed E-state index contributed by atoms with van der Waals surface area (Å²) in [5, 5.41) is 9.78. The summed E-state index contributed by atoms with van der Waals surface area (Å²) in [4.78, 5) is 0. The number of halogens is 4. The predicted molar refractivity (Wildman–Crippen MR) is 59.4 cm³/mol. The van der Waals surface area contributed by atoms with Gasteiger partial charge in [-0.3, -0.25) is 0 Å². The Morgan fingerprint density at radius 2 is 2.00 bits per heavy atom. The number of hydrogen-bond donors (Lipinski definition) is 1. The smallest absolute Gasteiger partial charge is 0.411 e. The van der Waals surface area contributed by atoms with Crippen molar-refractivity contribution in [2.75, 3.05) is 20.3 Å². The van der Waals surface area contributed by atoms with E-state index in [0.717, 1.165) is 12.1 Å². The second-order valence-corrected chi connectivity index (χ2v) is 3.86. The molecule has 3 nitrogen and oxygen atoms in total. The fourth-order valence-corrected chi connectivity index (χ4v) is 1.50. The van der Waals surface area contributed by atoms with Gasteiger partial charge in [-0.2, -0.15) is 13.2 Å². The number of aliphatic hydroxyl groups is 1. The summed E-state index contributed by atoms with van der Waals surface area (Å²) in [6, 6.07) is 3.58. The Kier molecular flexibility index (Phi) is 5.56. The molecule has 0 fully saturated rings. The van der Waals surface area contributed by atoms with Crippen molar-refractivity contribution in [2.24, 2.45) is 0 Å². The molecule has 0 aliphatic rings. The van der Waals surface area contributed by atoms with Crippen LogP contribution in [-0.4, -0.2) is 31.6 Å². The van der Waals surface area contributed by atoms with E-state index in [4.69, 9.17) is 4.74 Å². The standard InChI is InChI=1S/C12H14F4O3/c1-18-11-3-2-8(13)6-9(11)10(17)4-5-19-7-12(14,15)16/h2-3,6,10,17H,4-5,7H2,1H3. The highest BCUT2D eigenvalue weighted by atomic mass is 19.4. The summed E-state index contributed by atoms with van der Waals surface area (Å²) in [6.45, 7) is -1.67. The normalized spacial score (nSPS) is 13.4. The molecule has 0 radical (unpaired) electrons. The first-order chi connectivity index (χ1) is 8.83. The van der Waals surface area contributed by atoms with Gasteiger partial charge in [0.2, 0.25) is 0 Å². The second kappa shape index (κ2) is 6.72. The fraction of sp³-hybridized carbons (Fsp3) is 0.500. The minimum atomic E-state index is -4.40. The van der Waals surface area contributed by atoms with E-state index in [0.29, 0.717) is 0 Å². The molecule has 0 bridgehead atoms. The average molecular weight is 282 g/mol. The van der Waals surface area contributed by atoms with Crippen LogP contribution in [-0.2, 0) is 4.74 Å². The van der Waals surface area contributed by atoms with Crippen molar-refractivity contribution in [1.29, 1.82) is 0 Å². The van der Waals surface area contributed by atoms with Gasteiger partial charge in [-0.1, -0.05) is 0 Å². The van der Waals surface area contributed by atoms with Gasteiger partial charge >= 0.3 is 6.18 Å². The molecule has 1 rings (SSSR count). The molecule has 108 valence electrons. The summed E-state index contributed by atoms with van der Waals surface area (Å²) < 4.78 is 57.8. The van der Waals surface area contributed by atoms with Crippen LogP contribution in [0.1, 0.15) is 18.1 Å². The Balaban J connectivity index is 2.53. The van der Waals surface area contributed by atoms with Crippen molar-refractivity contribution >= 4 is 0 Å². The van der Waals surface area contributed by atoms with Gasteiger partial charge in [-0.15, -0.1) is 0 Å². The van der Waals surface area contributed by atoms with Crippen molar-refractivity contribution in [2.45, 2.75) is 18.7 Å². The van der Waals surface area contributed by atoms with Gasteiger partial charge in [0.25, 0.3) is 0 Å². The molecule has 0 saturated carbocycles. The zero-order valence-electron chi connectivity index (χ0n) is 10.2. The van der Waals surface area contributed by atoms with Crippen molar-refractivity contribution in [1.82, 2.24) is 0 Å². The van der Waals surface area contributed by atoms with Gasteiger partial charge in [0.1, 0.15) is 18.2 Å². The van der Waals surface area contributed by atoms with Crippen molar-refractivity contribution in [3.8, 4) is 5.75 Å². The number of methoxy groups -OCH3 is 1. The summed E-state index contributed by atoms with van der Waals surface area (Å²) >= 11 is 0. The maximum atomic E-state index is 13.0. The molecule has 0 amide bonds. The van der Waals surface area contributed by atoms with Gasteiger partial charge in [-0.05, 0) is 18.2 Å². The van der Waals surface area contributed by atoms with Gasteiger partial charge in [0.15, 0.2) is 0 Å². The molecule has 1 unspecified atom stereocenters. The Bertz CT molecular complexity index is 406. The highest BCUT2D eigenvalue weighted by Crippen LogP contribution is 2.28. The quantitative estimate of drug-likeness (QED) is 0.644. The van der Waals surface area contributed by atoms with E-state index in [1.165, 1.54) is 13.2 Å². The zero-order valence-corrected chi connectivity index (χ0v) is 10.2. The van der Waals surface area contributed by atoms with E-state index in [-0.39, 0.29) is 24.3 Å². The lowest BCUT2D eigenvalue weighted by molar-refractivity contribution is -0.175. The third-order valence-electron chi connectivity index (χ3n) is 2.35. The molecule has 7 heteroatoms. The lowest BCUT2D eigenvalue weighted by Crippen LogP contribution is -2.18. The molecule has 0 aliphatic carbocycles. The van der Waals surface area contributed by atoms with Crippen LogP contribution in [0.3, 0.4) is 0 Å². The topological polar surface area (TPSA) is 38.7 Å². The van der Waals surface area contributed by atoms with E-state index in [9.17, 15) is 22.7 Å². The molecular weight excluding hydrogens is 268 g/mol. The third kappa shape index (κ3) is 5.44. The highest BCUT2D eigenvalue weighted by molar-refractivity contribution is 5.35. The van der Waals surface area contributed by atoms with Crippen molar-refractivity contribution in [3.63, 3.8) is 0 Å². The van der Waals surface area contributed by atoms with Crippen molar-refractivity contribution < 1.29 is 32.1 Å². The van der Waals surface area contributed by atoms with Crippen LogP contribution >= 0.6 is 0 Å². The first kappa shape index (κ1) is 15.7. The summed E-state index contributed by atoms with van der Waals surface area (Å²) in [5.41, 5.74) is 0.179. The van der Waals surface area contributed by atoms with E-state index in [1.807, 2.05) is 0 Å². The summed E-state index contributed by atoms with van der Waals surface area (Å²) in [7, 11) is 1.35. The van der Waals surface area contributed by atoms with Gasteiger partial charge in [0.05, 0.1) is 13.2 Å². The average Bonchev–Trinajstić information content (AvgIpc) is 2.33. The third-order valence-corrected chi connectivity index (χ3v) is 2.35. The molecule has 1 atom stereocenters. The van der Waals surface area contributed by atoms with Crippen LogP contribution in [0.25, 0.3) is 0 Å². The Labute approximate surface area is 107 Å². The molecule has 1 N–H and O–H groups in total. The molecule has 19 heavy (non-hydrogen) atoms. The zero-order chi connectivity index (χ0) is 14.5. The lowest BCUT2D eigenvalue weighted by Gasteiger charge is -2.15. The molecule has 0 saturated heterocycles. The number of benzene rings is 1. The van der Waals surface area contributed by atoms with E-state index in [2.05, 4.69) is 4.74 Å². The number of rotatable bonds is 6. The van der Waals surface area contributed by atoms with Crippen LogP contribution in [0.4, 0.5) is 17.6 Å². The summed E-state index contributed by atoms with van der Waals surface area (Å²) in [6.07, 6.45) is -5.64. The molecule has 0 aromatic heterocycles. The highest BCUT2D eigenvalue weighted by Gasteiger charge is 2.27. The van der Waals surface area contributed by atoms with E-state index >= 15 is 0 Å². The van der Waals surface area contributed by atoms with E-state index < -0.39 is 24.7 Å². The Morgan fingerprint density at radius 3 is 2.58 bits per heavy atom. The van der Waals surface area contributed by atoms with Gasteiger partial charge in [-0.25, -0.2) is 4.39 Å². The van der Waals surface area contributed by atoms with Crippen LogP contribution in [0.5, 0.6) is 5.75 Å². The molecular formula is C12H14F4O3. The SMILES string of the molecule is COc1ccc(F)cc1C(O)CCOCC(F)(F)F. The van der Waals surface area contributed by atoms with Crippen LogP contribution in [0.2, 0.25) is 0 Å². The minimum absolute atomic E-state index is 0.0874. The predicted octanol–water partition coefficient (Wildman–Crippen LogP) is 2.84. The Morgan fingerprint density at radius 1 is 1.32 bits per heavy atom. The first-order valence-electron chi connectivity index (χ1n) is 5.49. The largest absolute Gasteiger partial charge is 0.496 e. The maximum Gasteiger partial charge on any atom is 0.411 e. The van der Waals surface area contributed by atoms with Crippen LogP contribution in [0, 0.1) is 5.82 Å². The van der Waals surface area contributed by atoms with Gasteiger partial charge < -0.3 is 14.6 Å². The first-order valence-corrected chi connectivity index (χ1v) is 5.49. The van der Waals surface area contributed by atoms with Crippen LogP contribution in [0.15, 0.2) is 18.2 Å². The lowest BCUT2D eigenvalue weighted by atomic mass is 10.1. The number of ether oxygens (including phenoxy) is 2. The molecule has 1 aromatic rings. The molecule has 1 aromatic carbocycles. The van der Waals surface area contributed by atoms with Gasteiger partial charge in [0, 0.05) is 18.6 Å². The molecule has 0 heterocycles. The molecule has 0 spiro atoms.